The fourth-order valence-corrected chi connectivity index (χ4v) is 5.94. The van der Waals surface area contributed by atoms with Crippen molar-refractivity contribution in [1.29, 1.82) is 0 Å². The van der Waals surface area contributed by atoms with Crippen LogP contribution in [0.5, 0.6) is 0 Å². The number of nitrogens with zero attached hydrogens (tertiary/aromatic N) is 3. The molecular formula is C13H16N4O5S3. The minimum Gasteiger partial charge on any atom is -0.480 e. The standard InChI is InChI=1S/C13H16N4O5S3/c1-12(2)7(8(19)20)17-9(21)13(22-3,10(17)25-12)15-6(18)4-23-11-16-14-5-24-11/h5,7,10H,4H2,1-3H3,(H,15,18)(H,19,20)/t7-,10+,13-/m0/s1. The number of hydrogen-bond donors (Lipinski definition) is 2. The topological polar surface area (TPSA) is 122 Å². The number of rotatable bonds is 6. The van der Waals surface area contributed by atoms with Gasteiger partial charge in [-0.1, -0.05) is 23.1 Å². The molecule has 0 aliphatic carbocycles. The maximum atomic E-state index is 12.6. The Morgan fingerprint density at radius 2 is 2.24 bits per heavy atom. The van der Waals surface area contributed by atoms with Gasteiger partial charge in [-0.2, -0.15) is 0 Å². The van der Waals surface area contributed by atoms with Crippen molar-refractivity contribution in [2.75, 3.05) is 12.9 Å². The van der Waals surface area contributed by atoms with Crippen molar-refractivity contribution in [3.63, 3.8) is 0 Å². The van der Waals surface area contributed by atoms with E-state index in [4.69, 9.17) is 4.74 Å². The van der Waals surface area contributed by atoms with Crippen LogP contribution in [0.15, 0.2) is 9.85 Å². The van der Waals surface area contributed by atoms with Gasteiger partial charge in [0.25, 0.3) is 11.6 Å². The first-order valence-corrected chi connectivity index (χ1v) is 9.96. The zero-order valence-electron chi connectivity index (χ0n) is 13.6. The zero-order chi connectivity index (χ0) is 18.4. The normalized spacial score (nSPS) is 29.9. The highest BCUT2D eigenvalue weighted by atomic mass is 32.2. The third kappa shape index (κ3) is 2.90. The van der Waals surface area contributed by atoms with Crippen LogP contribution in [0.3, 0.4) is 0 Å². The Morgan fingerprint density at radius 3 is 2.80 bits per heavy atom. The lowest BCUT2D eigenvalue weighted by molar-refractivity contribution is -0.200. The highest BCUT2D eigenvalue weighted by molar-refractivity contribution is 8.02. The molecule has 3 heterocycles. The number of hydrogen-bond acceptors (Lipinski definition) is 9. The lowest BCUT2D eigenvalue weighted by Crippen LogP contribution is -2.80. The number of aromatic nitrogens is 2. The van der Waals surface area contributed by atoms with Gasteiger partial charge in [-0.25, -0.2) is 4.79 Å². The Balaban J connectivity index is 1.73. The van der Waals surface area contributed by atoms with Crippen LogP contribution in [0, 0.1) is 0 Å². The molecule has 2 aliphatic rings. The summed E-state index contributed by atoms with van der Waals surface area (Å²) >= 11 is 3.82. The van der Waals surface area contributed by atoms with Crippen molar-refractivity contribution >= 4 is 52.6 Å². The quantitative estimate of drug-likeness (QED) is 0.390. The van der Waals surface area contributed by atoms with E-state index < -0.39 is 39.7 Å². The number of amides is 2. The Labute approximate surface area is 155 Å². The first-order chi connectivity index (χ1) is 11.7. The van der Waals surface area contributed by atoms with E-state index >= 15 is 0 Å². The van der Waals surface area contributed by atoms with Gasteiger partial charge in [-0.15, -0.1) is 22.0 Å². The molecule has 3 rings (SSSR count). The van der Waals surface area contributed by atoms with Crippen molar-refractivity contribution in [3.8, 4) is 0 Å². The summed E-state index contributed by atoms with van der Waals surface area (Å²) in [5, 5.41) is 19.0. The van der Waals surface area contributed by atoms with Crippen LogP contribution >= 0.6 is 34.9 Å². The van der Waals surface area contributed by atoms with Gasteiger partial charge >= 0.3 is 5.97 Å². The Hall–Kier alpha value is -1.37. The zero-order valence-corrected chi connectivity index (χ0v) is 16.0. The van der Waals surface area contributed by atoms with Crippen molar-refractivity contribution in [2.24, 2.45) is 0 Å². The molecule has 2 fully saturated rings. The minimum absolute atomic E-state index is 0.0523. The monoisotopic (exact) mass is 404 g/mol. The smallest absolute Gasteiger partial charge is 0.327 e. The average molecular weight is 404 g/mol. The number of carbonyl (C=O) groups is 3. The van der Waals surface area contributed by atoms with E-state index in [2.05, 4.69) is 15.5 Å². The summed E-state index contributed by atoms with van der Waals surface area (Å²) < 4.78 is 5.31. The maximum Gasteiger partial charge on any atom is 0.327 e. The maximum absolute atomic E-state index is 12.6. The molecule has 3 atom stereocenters. The fraction of sp³-hybridized carbons (Fsp3) is 0.615. The molecule has 2 N–H and O–H groups in total. The van der Waals surface area contributed by atoms with Gasteiger partial charge in [0.1, 0.15) is 16.9 Å². The van der Waals surface area contributed by atoms with Crippen LogP contribution in [0.1, 0.15) is 13.8 Å². The van der Waals surface area contributed by atoms with E-state index in [0.717, 1.165) is 0 Å². The molecular weight excluding hydrogens is 388 g/mol. The predicted molar refractivity (Wildman–Crippen MR) is 92.2 cm³/mol. The van der Waals surface area contributed by atoms with E-state index in [9.17, 15) is 19.5 Å². The van der Waals surface area contributed by atoms with Crippen LogP contribution in [0.2, 0.25) is 0 Å². The van der Waals surface area contributed by atoms with Crippen LogP contribution in [0.4, 0.5) is 0 Å². The van der Waals surface area contributed by atoms with Gasteiger partial charge in [0.15, 0.2) is 4.34 Å². The summed E-state index contributed by atoms with van der Waals surface area (Å²) in [6, 6.07) is -0.967. The van der Waals surface area contributed by atoms with E-state index in [1.54, 1.807) is 19.4 Å². The van der Waals surface area contributed by atoms with Gasteiger partial charge < -0.3 is 20.1 Å². The van der Waals surface area contributed by atoms with Crippen molar-refractivity contribution in [1.82, 2.24) is 20.4 Å². The SMILES string of the molecule is CO[C@@]1(NC(=O)CSc2nncs2)C(=O)N2[C@@H](C(=O)O)C(C)(C)S[C@@H]21. The molecule has 0 radical (unpaired) electrons. The van der Waals surface area contributed by atoms with Gasteiger partial charge in [-0.05, 0) is 13.8 Å². The Bertz CT molecular complexity index is 713. The van der Waals surface area contributed by atoms with Gasteiger partial charge in [-0.3, -0.25) is 9.59 Å². The van der Waals surface area contributed by atoms with Crippen LogP contribution in [-0.4, -0.2) is 72.7 Å². The number of carboxylic acids is 1. The van der Waals surface area contributed by atoms with E-state index in [0.29, 0.717) is 4.34 Å². The summed E-state index contributed by atoms with van der Waals surface area (Å²) in [6.45, 7) is 3.52. The predicted octanol–water partition coefficient (Wildman–Crippen LogP) is 0.236. The molecule has 9 nitrogen and oxygen atoms in total. The summed E-state index contributed by atoms with van der Waals surface area (Å²) in [5.41, 5.74) is 0.0262. The highest BCUT2D eigenvalue weighted by Crippen LogP contribution is 2.55. The lowest BCUT2D eigenvalue weighted by Gasteiger charge is -2.51. The number of carbonyl (C=O) groups excluding carboxylic acids is 2. The summed E-state index contributed by atoms with van der Waals surface area (Å²) in [6.07, 6.45) is 0. The second kappa shape index (κ2) is 6.41. The van der Waals surface area contributed by atoms with E-state index in [-0.39, 0.29) is 5.75 Å². The fourth-order valence-electron chi connectivity index (χ4n) is 2.98. The van der Waals surface area contributed by atoms with E-state index in [1.165, 1.54) is 46.9 Å². The number of thioether (sulfide) groups is 2. The molecule has 1 aromatic heterocycles. The number of methoxy groups -OCH3 is 1. The van der Waals surface area contributed by atoms with Crippen molar-refractivity contribution < 1.29 is 24.2 Å². The van der Waals surface area contributed by atoms with Crippen molar-refractivity contribution in [3.05, 3.63) is 5.51 Å². The third-order valence-corrected chi connectivity index (χ3v) is 7.53. The molecule has 2 saturated heterocycles. The molecule has 0 bridgehead atoms. The molecule has 1 aromatic rings. The Morgan fingerprint density at radius 1 is 1.52 bits per heavy atom. The van der Waals surface area contributed by atoms with E-state index in [1.807, 2.05) is 0 Å². The summed E-state index contributed by atoms with van der Waals surface area (Å²) in [7, 11) is 1.33. The first kappa shape index (κ1) is 18.4. The lowest BCUT2D eigenvalue weighted by atomic mass is 9.93. The Kier molecular flexibility index (Phi) is 4.73. The summed E-state index contributed by atoms with van der Waals surface area (Å²) in [4.78, 5) is 37.7. The molecule has 12 heteroatoms. The number of nitrogens with one attached hydrogen (secondary N) is 1. The largest absolute Gasteiger partial charge is 0.480 e. The number of β-lactam (4-membered cyclic amide) rings is 1. The van der Waals surface area contributed by atoms with Crippen LogP contribution in [0.25, 0.3) is 0 Å². The van der Waals surface area contributed by atoms with Crippen LogP contribution < -0.4 is 5.32 Å². The van der Waals surface area contributed by atoms with Crippen LogP contribution in [-0.2, 0) is 19.1 Å². The second-order valence-electron chi connectivity index (χ2n) is 6.01. The number of fused-ring (bicyclic) bond motifs is 1. The molecule has 25 heavy (non-hydrogen) atoms. The average Bonchev–Trinajstić information content (AvgIpc) is 3.14. The molecule has 2 amide bonds. The molecule has 0 unspecified atom stereocenters. The number of ether oxygens (including phenoxy) is 1. The highest BCUT2D eigenvalue weighted by Gasteiger charge is 2.73. The minimum atomic E-state index is -1.54. The van der Waals surface area contributed by atoms with Gasteiger partial charge in [0, 0.05) is 11.9 Å². The molecule has 136 valence electrons. The number of aliphatic carboxylic acids is 1. The summed E-state index contributed by atoms with van der Waals surface area (Å²) in [5.74, 6) is -1.96. The second-order valence-corrected chi connectivity index (χ2v) is 9.80. The molecule has 0 spiro atoms. The number of carboxylic acid groups (broad SMARTS) is 1. The molecule has 0 saturated carbocycles. The van der Waals surface area contributed by atoms with Crippen molar-refractivity contribution in [2.45, 2.75) is 40.1 Å². The van der Waals surface area contributed by atoms with Gasteiger partial charge in [0.2, 0.25) is 5.91 Å². The molecule has 0 aromatic carbocycles. The molecule has 2 aliphatic heterocycles. The first-order valence-electron chi connectivity index (χ1n) is 7.21. The van der Waals surface area contributed by atoms with Gasteiger partial charge in [0.05, 0.1) is 5.75 Å². The third-order valence-electron chi connectivity index (χ3n) is 4.05.